The van der Waals surface area contributed by atoms with Crippen LogP contribution in [0.5, 0.6) is 0 Å². The van der Waals surface area contributed by atoms with Crippen LogP contribution >= 0.6 is 0 Å². The highest BCUT2D eigenvalue weighted by Crippen LogP contribution is 2.21. The lowest BCUT2D eigenvalue weighted by atomic mass is 10.1. The van der Waals surface area contributed by atoms with Gasteiger partial charge in [0.1, 0.15) is 0 Å². The van der Waals surface area contributed by atoms with Gasteiger partial charge in [0, 0.05) is 25.2 Å². The van der Waals surface area contributed by atoms with Crippen molar-refractivity contribution in [1.29, 1.82) is 0 Å². The van der Waals surface area contributed by atoms with E-state index in [2.05, 4.69) is 23.6 Å². The van der Waals surface area contributed by atoms with Gasteiger partial charge >= 0.3 is 0 Å². The Hall–Kier alpha value is -0.120. The Labute approximate surface area is 99.4 Å². The van der Waals surface area contributed by atoms with Crippen LogP contribution in [0.1, 0.15) is 39.5 Å². The maximum atomic E-state index is 10.2. The molecule has 3 heteroatoms. The molecule has 0 saturated carbocycles. The Morgan fingerprint density at radius 1 is 1.00 bits per heavy atom. The molecule has 2 aliphatic heterocycles. The van der Waals surface area contributed by atoms with Gasteiger partial charge in [-0.3, -0.25) is 9.80 Å². The van der Waals surface area contributed by atoms with Crippen molar-refractivity contribution in [3.05, 3.63) is 0 Å². The molecule has 1 N–H and O–H groups in total. The highest BCUT2D eigenvalue weighted by Gasteiger charge is 2.36. The van der Waals surface area contributed by atoms with Crippen molar-refractivity contribution in [2.24, 2.45) is 0 Å². The molecule has 94 valence electrons. The first kappa shape index (κ1) is 12.3. The quantitative estimate of drug-likeness (QED) is 0.769. The van der Waals surface area contributed by atoms with E-state index in [1.54, 1.807) is 0 Å². The Balaban J connectivity index is 1.93. The van der Waals surface area contributed by atoms with Crippen molar-refractivity contribution in [3.8, 4) is 0 Å². The summed E-state index contributed by atoms with van der Waals surface area (Å²) in [5, 5.41) is 10.2. The molecule has 0 bridgehead atoms. The first-order chi connectivity index (χ1) is 7.68. The summed E-state index contributed by atoms with van der Waals surface area (Å²) in [6.45, 7) is 8.73. The second-order valence-corrected chi connectivity index (χ2v) is 5.63. The van der Waals surface area contributed by atoms with Crippen LogP contribution in [-0.4, -0.2) is 59.3 Å². The Kier molecular flexibility index (Phi) is 4.22. The molecular formula is C13H26N2O. The molecule has 0 spiro atoms. The van der Waals surface area contributed by atoms with Gasteiger partial charge < -0.3 is 5.11 Å². The molecule has 0 aromatic carbocycles. The van der Waals surface area contributed by atoms with Gasteiger partial charge in [-0.1, -0.05) is 12.8 Å². The second-order valence-electron chi connectivity index (χ2n) is 5.63. The number of aliphatic hydroxyl groups excluding tert-OH is 1. The van der Waals surface area contributed by atoms with Crippen LogP contribution in [0, 0.1) is 0 Å². The minimum atomic E-state index is -0.138. The van der Waals surface area contributed by atoms with Crippen LogP contribution in [0.2, 0.25) is 0 Å². The molecule has 0 aromatic heterocycles. The van der Waals surface area contributed by atoms with Crippen molar-refractivity contribution < 1.29 is 5.11 Å². The van der Waals surface area contributed by atoms with E-state index in [1.165, 1.54) is 38.8 Å². The van der Waals surface area contributed by atoms with Crippen LogP contribution in [0.4, 0.5) is 0 Å². The largest absolute Gasteiger partial charge is 0.390 e. The van der Waals surface area contributed by atoms with Gasteiger partial charge in [0.2, 0.25) is 0 Å². The third-order valence-electron chi connectivity index (χ3n) is 4.13. The third-order valence-corrected chi connectivity index (χ3v) is 4.13. The third kappa shape index (κ3) is 2.76. The predicted molar refractivity (Wildman–Crippen MR) is 66.5 cm³/mol. The summed E-state index contributed by atoms with van der Waals surface area (Å²) in [6.07, 6.45) is 5.22. The summed E-state index contributed by atoms with van der Waals surface area (Å²) in [5.74, 6) is 0. The van der Waals surface area contributed by atoms with Gasteiger partial charge in [0.25, 0.3) is 0 Å². The van der Waals surface area contributed by atoms with E-state index in [4.69, 9.17) is 0 Å². The van der Waals surface area contributed by atoms with Crippen molar-refractivity contribution in [3.63, 3.8) is 0 Å². The SMILES string of the molecule is CC(C)N1CC(O)C(N2CCCCCC2)C1. The Bertz CT molecular complexity index is 212. The fourth-order valence-corrected chi connectivity index (χ4v) is 3.01. The highest BCUT2D eigenvalue weighted by molar-refractivity contribution is 4.92. The van der Waals surface area contributed by atoms with Gasteiger partial charge in [0.15, 0.2) is 0 Å². The maximum Gasteiger partial charge on any atom is 0.0834 e. The zero-order chi connectivity index (χ0) is 11.5. The van der Waals surface area contributed by atoms with E-state index in [0.717, 1.165) is 13.1 Å². The highest BCUT2D eigenvalue weighted by atomic mass is 16.3. The average Bonchev–Trinajstić information content (AvgIpc) is 2.50. The average molecular weight is 226 g/mol. The molecule has 0 aliphatic carbocycles. The first-order valence-corrected chi connectivity index (χ1v) is 6.84. The topological polar surface area (TPSA) is 26.7 Å². The number of aliphatic hydroxyl groups is 1. The fraction of sp³-hybridized carbons (Fsp3) is 1.00. The summed E-state index contributed by atoms with van der Waals surface area (Å²) >= 11 is 0. The first-order valence-electron chi connectivity index (χ1n) is 6.84. The minimum Gasteiger partial charge on any atom is -0.390 e. The van der Waals surface area contributed by atoms with Gasteiger partial charge in [0.05, 0.1) is 6.10 Å². The summed E-state index contributed by atoms with van der Waals surface area (Å²) in [5.41, 5.74) is 0. The van der Waals surface area contributed by atoms with Crippen molar-refractivity contribution in [2.75, 3.05) is 26.2 Å². The number of nitrogens with zero attached hydrogens (tertiary/aromatic N) is 2. The Morgan fingerprint density at radius 2 is 1.62 bits per heavy atom. The maximum absolute atomic E-state index is 10.2. The zero-order valence-corrected chi connectivity index (χ0v) is 10.7. The van der Waals surface area contributed by atoms with E-state index in [0.29, 0.717) is 12.1 Å². The number of β-amino-alcohol motifs (C(OH)–C–C–N with tert-alkyl or cyclic N) is 1. The molecule has 2 unspecified atom stereocenters. The van der Waals surface area contributed by atoms with Gasteiger partial charge in [-0.2, -0.15) is 0 Å². The van der Waals surface area contributed by atoms with Gasteiger partial charge in [-0.05, 0) is 39.8 Å². The van der Waals surface area contributed by atoms with Gasteiger partial charge in [-0.15, -0.1) is 0 Å². The zero-order valence-electron chi connectivity index (χ0n) is 10.7. The monoisotopic (exact) mass is 226 g/mol. The van der Waals surface area contributed by atoms with Crippen molar-refractivity contribution in [1.82, 2.24) is 9.80 Å². The molecule has 0 amide bonds. The molecule has 2 heterocycles. The number of hydrogen-bond donors (Lipinski definition) is 1. The predicted octanol–water partition coefficient (Wildman–Crippen LogP) is 1.32. The van der Waals surface area contributed by atoms with E-state index in [9.17, 15) is 5.11 Å². The smallest absolute Gasteiger partial charge is 0.0834 e. The molecule has 2 saturated heterocycles. The van der Waals surface area contributed by atoms with E-state index in [1.807, 2.05) is 0 Å². The molecule has 2 rings (SSSR count). The van der Waals surface area contributed by atoms with Crippen molar-refractivity contribution in [2.45, 2.75) is 57.7 Å². The molecule has 0 radical (unpaired) electrons. The molecule has 2 atom stereocenters. The van der Waals surface area contributed by atoms with E-state index >= 15 is 0 Å². The molecule has 0 aromatic rings. The van der Waals surface area contributed by atoms with Gasteiger partial charge in [-0.25, -0.2) is 0 Å². The van der Waals surface area contributed by atoms with Crippen LogP contribution in [0.25, 0.3) is 0 Å². The number of hydrogen-bond acceptors (Lipinski definition) is 3. The van der Waals surface area contributed by atoms with E-state index in [-0.39, 0.29) is 6.10 Å². The normalized spacial score (nSPS) is 34.5. The lowest BCUT2D eigenvalue weighted by Crippen LogP contribution is -2.44. The van der Waals surface area contributed by atoms with Crippen molar-refractivity contribution >= 4 is 0 Å². The molecule has 3 nitrogen and oxygen atoms in total. The summed E-state index contributed by atoms with van der Waals surface area (Å²) in [4.78, 5) is 4.93. The van der Waals surface area contributed by atoms with Crippen LogP contribution in [-0.2, 0) is 0 Å². The van der Waals surface area contributed by atoms with E-state index < -0.39 is 0 Å². The number of likely N-dealkylation sites (tertiary alicyclic amines) is 2. The van der Waals surface area contributed by atoms with Crippen LogP contribution < -0.4 is 0 Å². The minimum absolute atomic E-state index is 0.138. The molecular weight excluding hydrogens is 200 g/mol. The van der Waals surface area contributed by atoms with Crippen LogP contribution in [0.3, 0.4) is 0 Å². The molecule has 2 aliphatic rings. The summed E-state index contributed by atoms with van der Waals surface area (Å²) in [6, 6.07) is 0.951. The second kappa shape index (κ2) is 5.48. The lowest BCUT2D eigenvalue weighted by molar-refractivity contribution is 0.0849. The number of rotatable bonds is 2. The summed E-state index contributed by atoms with van der Waals surface area (Å²) in [7, 11) is 0. The Morgan fingerprint density at radius 3 is 2.12 bits per heavy atom. The standard InChI is InChI=1S/C13H26N2O/c1-11(2)15-9-12(13(16)10-15)14-7-5-3-4-6-8-14/h11-13,16H,3-10H2,1-2H3. The fourth-order valence-electron chi connectivity index (χ4n) is 3.01. The lowest BCUT2D eigenvalue weighted by Gasteiger charge is -2.29. The summed E-state index contributed by atoms with van der Waals surface area (Å²) < 4.78 is 0. The van der Waals surface area contributed by atoms with Crippen LogP contribution in [0.15, 0.2) is 0 Å². The molecule has 16 heavy (non-hydrogen) atoms. The molecule has 2 fully saturated rings.